The van der Waals surface area contributed by atoms with Crippen LogP contribution in [0, 0.1) is 0 Å². The molecule has 6 nitrogen and oxygen atoms in total. The van der Waals surface area contributed by atoms with Crippen molar-refractivity contribution < 1.29 is 19.4 Å². The van der Waals surface area contributed by atoms with Gasteiger partial charge in [0.25, 0.3) is 0 Å². The Morgan fingerprint density at radius 3 is 2.70 bits per heavy atom. The number of rotatable bonds is 6. The first-order chi connectivity index (χ1) is 9.49. The van der Waals surface area contributed by atoms with Gasteiger partial charge in [-0.1, -0.05) is 6.92 Å². The summed E-state index contributed by atoms with van der Waals surface area (Å²) in [5.74, 6) is -0.975. The van der Waals surface area contributed by atoms with E-state index in [1.807, 2.05) is 20.8 Å². The van der Waals surface area contributed by atoms with Gasteiger partial charge in [-0.25, -0.2) is 4.79 Å². The van der Waals surface area contributed by atoms with Crippen molar-refractivity contribution in [3.8, 4) is 0 Å². The van der Waals surface area contributed by atoms with E-state index in [2.05, 4.69) is 0 Å². The summed E-state index contributed by atoms with van der Waals surface area (Å²) in [6, 6.07) is -0.266. The van der Waals surface area contributed by atoms with Crippen molar-refractivity contribution in [1.29, 1.82) is 0 Å². The minimum absolute atomic E-state index is 0.0707. The van der Waals surface area contributed by atoms with E-state index in [-0.39, 0.29) is 24.7 Å². The van der Waals surface area contributed by atoms with Crippen molar-refractivity contribution in [2.45, 2.75) is 52.2 Å². The summed E-state index contributed by atoms with van der Waals surface area (Å²) in [5, 5.41) is 8.97. The Labute approximate surface area is 120 Å². The van der Waals surface area contributed by atoms with Crippen LogP contribution in [-0.4, -0.2) is 65.3 Å². The van der Waals surface area contributed by atoms with Crippen LogP contribution in [0.1, 0.15) is 40.0 Å². The van der Waals surface area contributed by atoms with Crippen LogP contribution in [0.3, 0.4) is 0 Å². The van der Waals surface area contributed by atoms with E-state index in [9.17, 15) is 9.59 Å². The van der Waals surface area contributed by atoms with Gasteiger partial charge in [-0.05, 0) is 33.1 Å². The molecule has 0 aromatic carbocycles. The summed E-state index contributed by atoms with van der Waals surface area (Å²) in [6.07, 6.45) is 2.67. The Morgan fingerprint density at radius 2 is 2.15 bits per heavy atom. The highest BCUT2D eigenvalue weighted by Crippen LogP contribution is 2.16. The van der Waals surface area contributed by atoms with Crippen LogP contribution < -0.4 is 0 Å². The van der Waals surface area contributed by atoms with Gasteiger partial charge in [-0.2, -0.15) is 0 Å². The lowest BCUT2D eigenvalue weighted by molar-refractivity contribution is -0.138. The third kappa shape index (κ3) is 4.67. The Bertz CT molecular complexity index is 333. The molecule has 2 unspecified atom stereocenters. The maximum Gasteiger partial charge on any atom is 0.323 e. The number of hydrogen-bond acceptors (Lipinski definition) is 3. The molecular weight excluding hydrogens is 260 g/mol. The van der Waals surface area contributed by atoms with Crippen molar-refractivity contribution in [3.05, 3.63) is 0 Å². The number of carboxylic acid groups (broad SMARTS) is 1. The van der Waals surface area contributed by atoms with Crippen LogP contribution in [-0.2, 0) is 9.53 Å². The van der Waals surface area contributed by atoms with E-state index >= 15 is 0 Å². The molecule has 6 heteroatoms. The van der Waals surface area contributed by atoms with Gasteiger partial charge in [0.05, 0.1) is 6.10 Å². The van der Waals surface area contributed by atoms with Crippen LogP contribution >= 0.6 is 0 Å². The molecule has 2 atom stereocenters. The maximum atomic E-state index is 12.5. The number of urea groups is 1. The Balaban J connectivity index is 2.70. The second kappa shape index (κ2) is 8.09. The zero-order valence-corrected chi connectivity index (χ0v) is 12.7. The number of aliphatic carboxylic acids is 1. The zero-order chi connectivity index (χ0) is 15.1. The molecule has 1 fully saturated rings. The SMILES string of the molecule is CCOC1CCCN(C(=O)N(CC(=O)O)C(C)CC)C1. The number of piperidine rings is 1. The van der Waals surface area contributed by atoms with E-state index in [0.717, 1.165) is 19.3 Å². The van der Waals surface area contributed by atoms with Crippen LogP contribution in [0.2, 0.25) is 0 Å². The van der Waals surface area contributed by atoms with Crippen LogP contribution in [0.5, 0.6) is 0 Å². The smallest absolute Gasteiger partial charge is 0.323 e. The monoisotopic (exact) mass is 286 g/mol. The number of carboxylic acids is 1. The number of ether oxygens (including phenoxy) is 1. The fraction of sp³-hybridized carbons (Fsp3) is 0.857. The highest BCUT2D eigenvalue weighted by Gasteiger charge is 2.30. The first-order valence-electron chi connectivity index (χ1n) is 7.38. The molecule has 0 saturated carbocycles. The van der Waals surface area contributed by atoms with Crippen LogP contribution in [0.15, 0.2) is 0 Å². The molecule has 1 aliphatic rings. The highest BCUT2D eigenvalue weighted by atomic mass is 16.5. The fourth-order valence-corrected chi connectivity index (χ4v) is 2.44. The van der Waals surface area contributed by atoms with Crippen LogP contribution in [0.4, 0.5) is 4.79 Å². The third-order valence-electron chi connectivity index (χ3n) is 3.73. The van der Waals surface area contributed by atoms with E-state index < -0.39 is 5.97 Å². The zero-order valence-electron chi connectivity index (χ0n) is 12.7. The number of amides is 2. The summed E-state index contributed by atoms with van der Waals surface area (Å²) in [6.45, 7) is 7.39. The summed E-state index contributed by atoms with van der Waals surface area (Å²) in [4.78, 5) is 26.6. The predicted molar refractivity (Wildman–Crippen MR) is 75.7 cm³/mol. The van der Waals surface area contributed by atoms with E-state index in [0.29, 0.717) is 19.7 Å². The average Bonchev–Trinajstić information content (AvgIpc) is 2.43. The molecule has 1 saturated heterocycles. The number of hydrogen-bond donors (Lipinski definition) is 1. The van der Waals surface area contributed by atoms with Crippen molar-refractivity contribution in [3.63, 3.8) is 0 Å². The minimum Gasteiger partial charge on any atom is -0.480 e. The molecule has 20 heavy (non-hydrogen) atoms. The lowest BCUT2D eigenvalue weighted by Crippen LogP contribution is -2.53. The summed E-state index contributed by atoms with van der Waals surface area (Å²) < 4.78 is 5.58. The van der Waals surface area contributed by atoms with Crippen molar-refractivity contribution in [2.75, 3.05) is 26.2 Å². The van der Waals surface area contributed by atoms with Gasteiger partial charge < -0.3 is 19.6 Å². The molecule has 1 heterocycles. The number of nitrogens with zero attached hydrogens (tertiary/aromatic N) is 2. The van der Waals surface area contributed by atoms with E-state index in [1.54, 1.807) is 4.90 Å². The third-order valence-corrected chi connectivity index (χ3v) is 3.73. The molecule has 2 amide bonds. The van der Waals surface area contributed by atoms with E-state index in [1.165, 1.54) is 4.90 Å². The number of carbonyl (C=O) groups is 2. The molecular formula is C14H26N2O4. The van der Waals surface area contributed by atoms with Gasteiger partial charge in [0.2, 0.25) is 0 Å². The second-order valence-electron chi connectivity index (χ2n) is 5.23. The normalized spacial score (nSPS) is 20.6. The van der Waals surface area contributed by atoms with Crippen molar-refractivity contribution in [1.82, 2.24) is 9.80 Å². The van der Waals surface area contributed by atoms with Gasteiger partial charge in [0, 0.05) is 25.7 Å². The molecule has 0 bridgehead atoms. The molecule has 0 spiro atoms. The summed E-state index contributed by atoms with van der Waals surface area (Å²) in [5.41, 5.74) is 0. The molecule has 0 aliphatic carbocycles. The summed E-state index contributed by atoms with van der Waals surface area (Å²) in [7, 11) is 0. The van der Waals surface area contributed by atoms with Gasteiger partial charge in [0.15, 0.2) is 0 Å². The topological polar surface area (TPSA) is 70.1 Å². The molecule has 0 aromatic heterocycles. The lowest BCUT2D eigenvalue weighted by Gasteiger charge is -2.37. The number of likely N-dealkylation sites (tertiary alicyclic amines) is 1. The van der Waals surface area contributed by atoms with E-state index in [4.69, 9.17) is 9.84 Å². The highest BCUT2D eigenvalue weighted by molar-refractivity contribution is 5.80. The molecule has 1 rings (SSSR count). The Kier molecular flexibility index (Phi) is 6.78. The molecule has 116 valence electrons. The average molecular weight is 286 g/mol. The molecule has 0 aromatic rings. The summed E-state index contributed by atoms with van der Waals surface area (Å²) >= 11 is 0. The van der Waals surface area contributed by atoms with Gasteiger partial charge >= 0.3 is 12.0 Å². The fourth-order valence-electron chi connectivity index (χ4n) is 2.44. The van der Waals surface area contributed by atoms with Crippen molar-refractivity contribution in [2.24, 2.45) is 0 Å². The minimum atomic E-state index is -0.975. The first-order valence-corrected chi connectivity index (χ1v) is 7.38. The van der Waals surface area contributed by atoms with Gasteiger partial charge in [-0.3, -0.25) is 4.79 Å². The van der Waals surface area contributed by atoms with Gasteiger partial charge in [-0.15, -0.1) is 0 Å². The quantitative estimate of drug-likeness (QED) is 0.808. The Morgan fingerprint density at radius 1 is 1.45 bits per heavy atom. The second-order valence-corrected chi connectivity index (χ2v) is 5.23. The van der Waals surface area contributed by atoms with Crippen molar-refractivity contribution >= 4 is 12.0 Å². The molecule has 0 radical (unpaired) electrons. The largest absolute Gasteiger partial charge is 0.480 e. The Hall–Kier alpha value is -1.30. The molecule has 1 aliphatic heterocycles. The van der Waals surface area contributed by atoms with Gasteiger partial charge in [0.1, 0.15) is 6.54 Å². The van der Waals surface area contributed by atoms with Crippen LogP contribution in [0.25, 0.3) is 0 Å². The predicted octanol–water partition coefficient (Wildman–Crippen LogP) is 1.79. The first kappa shape index (κ1) is 16.8. The maximum absolute atomic E-state index is 12.5. The lowest BCUT2D eigenvalue weighted by atomic mass is 10.1. The molecule has 1 N–H and O–H groups in total. The number of carbonyl (C=O) groups excluding carboxylic acids is 1. The standard InChI is InChI=1S/C14H26N2O4/c1-4-11(3)16(10-13(17)18)14(19)15-8-6-7-12(9-15)20-5-2/h11-12H,4-10H2,1-3H3,(H,17,18).